The second kappa shape index (κ2) is 6.56. The van der Waals surface area contributed by atoms with Crippen molar-refractivity contribution >= 4 is 10.8 Å². The van der Waals surface area contributed by atoms with Crippen LogP contribution in [-0.4, -0.2) is 30.6 Å². The number of benzene rings is 2. The number of fused-ring (bicyclic) bond motifs is 1. The van der Waals surface area contributed by atoms with Crippen LogP contribution in [0.4, 0.5) is 0 Å². The van der Waals surface area contributed by atoms with Crippen LogP contribution in [0.15, 0.2) is 42.5 Å². The molecule has 0 aliphatic carbocycles. The number of hydrogen-bond acceptors (Lipinski definition) is 3. The van der Waals surface area contributed by atoms with Crippen LogP contribution in [0.25, 0.3) is 10.8 Å². The molecule has 0 spiro atoms. The summed E-state index contributed by atoms with van der Waals surface area (Å²) in [6.07, 6.45) is 1.96. The van der Waals surface area contributed by atoms with Crippen LogP contribution in [0.5, 0.6) is 0 Å². The summed E-state index contributed by atoms with van der Waals surface area (Å²) in [5, 5.41) is 2.60. The zero-order valence-corrected chi connectivity index (χ0v) is 13.6. The Morgan fingerprint density at radius 1 is 1.14 bits per heavy atom. The van der Waals surface area contributed by atoms with Gasteiger partial charge in [0.05, 0.1) is 0 Å². The summed E-state index contributed by atoms with van der Waals surface area (Å²) in [7, 11) is 4.24. The maximum atomic E-state index is 5.89. The van der Waals surface area contributed by atoms with Gasteiger partial charge in [-0.1, -0.05) is 49.4 Å². The second-order valence-electron chi connectivity index (χ2n) is 6.17. The molecule has 0 fully saturated rings. The molecule has 2 aromatic carbocycles. The van der Waals surface area contributed by atoms with Crippen LogP contribution in [0.3, 0.4) is 0 Å². The van der Waals surface area contributed by atoms with E-state index in [9.17, 15) is 0 Å². The number of hydrazine groups is 1. The van der Waals surface area contributed by atoms with Crippen LogP contribution >= 0.6 is 0 Å². The molecule has 0 saturated carbocycles. The molecular weight excluding hydrogens is 258 g/mol. The molecular formula is C18H27N3. The summed E-state index contributed by atoms with van der Waals surface area (Å²) in [4.78, 5) is 2.27. The van der Waals surface area contributed by atoms with E-state index < -0.39 is 0 Å². The molecule has 0 amide bonds. The first kappa shape index (κ1) is 16.0. The van der Waals surface area contributed by atoms with E-state index in [0.717, 1.165) is 12.8 Å². The van der Waals surface area contributed by atoms with Crippen molar-refractivity contribution in [3.8, 4) is 0 Å². The fraction of sp³-hybridized carbons (Fsp3) is 0.444. The molecule has 2 atom stereocenters. The molecule has 3 nitrogen and oxygen atoms in total. The zero-order chi connectivity index (χ0) is 15.5. The Morgan fingerprint density at radius 2 is 1.81 bits per heavy atom. The number of hydrogen-bond donors (Lipinski definition) is 2. The van der Waals surface area contributed by atoms with Crippen molar-refractivity contribution in [1.29, 1.82) is 0 Å². The summed E-state index contributed by atoms with van der Waals surface area (Å²) in [6.45, 7) is 4.48. The Hall–Kier alpha value is -1.42. The van der Waals surface area contributed by atoms with Gasteiger partial charge in [0.1, 0.15) is 0 Å². The zero-order valence-electron chi connectivity index (χ0n) is 13.6. The van der Waals surface area contributed by atoms with E-state index >= 15 is 0 Å². The fourth-order valence-electron chi connectivity index (χ4n) is 3.02. The third-order valence-corrected chi connectivity index (χ3v) is 4.99. The second-order valence-corrected chi connectivity index (χ2v) is 6.17. The molecule has 0 radical (unpaired) electrons. The number of likely N-dealkylation sites (N-methyl/N-ethyl adjacent to an activating group) is 1. The van der Waals surface area contributed by atoms with Gasteiger partial charge in [0.15, 0.2) is 0 Å². The topological polar surface area (TPSA) is 41.3 Å². The Kier molecular flexibility index (Phi) is 4.99. The molecule has 0 aromatic heterocycles. The molecule has 3 N–H and O–H groups in total. The Bertz CT molecular complexity index is 589. The SMILES string of the molecule is CCC(C)(C(Cc1cccc2ccccc12)NN)N(C)C. The highest BCUT2D eigenvalue weighted by Gasteiger charge is 2.34. The summed E-state index contributed by atoms with van der Waals surface area (Å²) in [5.41, 5.74) is 4.41. The maximum absolute atomic E-state index is 5.89. The average molecular weight is 285 g/mol. The molecule has 0 saturated heterocycles. The summed E-state index contributed by atoms with van der Waals surface area (Å²) < 4.78 is 0. The van der Waals surface area contributed by atoms with E-state index in [1.54, 1.807) is 0 Å². The summed E-state index contributed by atoms with van der Waals surface area (Å²) in [5.74, 6) is 5.89. The number of nitrogens with one attached hydrogen (secondary N) is 1. The monoisotopic (exact) mass is 285 g/mol. The van der Waals surface area contributed by atoms with Crippen molar-refractivity contribution in [2.24, 2.45) is 5.84 Å². The average Bonchev–Trinajstić information content (AvgIpc) is 2.51. The Labute approximate surface area is 128 Å². The minimum Gasteiger partial charge on any atom is -0.302 e. The van der Waals surface area contributed by atoms with Crippen molar-refractivity contribution in [2.45, 2.75) is 38.3 Å². The molecule has 0 bridgehead atoms. The Morgan fingerprint density at radius 3 is 2.43 bits per heavy atom. The van der Waals surface area contributed by atoms with Gasteiger partial charge in [-0.2, -0.15) is 0 Å². The van der Waals surface area contributed by atoms with Gasteiger partial charge in [0.25, 0.3) is 0 Å². The van der Waals surface area contributed by atoms with E-state index in [1.807, 2.05) is 0 Å². The molecule has 2 unspecified atom stereocenters. The molecule has 3 heteroatoms. The van der Waals surface area contributed by atoms with Gasteiger partial charge >= 0.3 is 0 Å². The predicted molar refractivity (Wildman–Crippen MR) is 91.1 cm³/mol. The van der Waals surface area contributed by atoms with Gasteiger partial charge in [0, 0.05) is 11.6 Å². The van der Waals surface area contributed by atoms with Crippen LogP contribution in [0, 0.1) is 0 Å². The van der Waals surface area contributed by atoms with Gasteiger partial charge in [-0.05, 0) is 50.2 Å². The lowest BCUT2D eigenvalue weighted by atomic mass is 9.83. The van der Waals surface area contributed by atoms with E-state index in [4.69, 9.17) is 5.84 Å². The van der Waals surface area contributed by atoms with E-state index in [0.29, 0.717) is 0 Å². The van der Waals surface area contributed by atoms with E-state index in [1.165, 1.54) is 16.3 Å². The van der Waals surface area contributed by atoms with Gasteiger partial charge in [-0.3, -0.25) is 11.3 Å². The molecule has 114 valence electrons. The van der Waals surface area contributed by atoms with E-state index in [2.05, 4.69) is 80.7 Å². The van der Waals surface area contributed by atoms with Gasteiger partial charge in [-0.15, -0.1) is 0 Å². The maximum Gasteiger partial charge on any atom is 0.0432 e. The number of nitrogens with zero attached hydrogens (tertiary/aromatic N) is 1. The first-order chi connectivity index (χ1) is 10.0. The summed E-state index contributed by atoms with van der Waals surface area (Å²) in [6, 6.07) is 15.2. The van der Waals surface area contributed by atoms with Gasteiger partial charge in [-0.25, -0.2) is 0 Å². The molecule has 0 aliphatic heterocycles. The number of nitrogens with two attached hydrogens (primary N) is 1. The smallest absolute Gasteiger partial charge is 0.0432 e. The molecule has 2 rings (SSSR count). The van der Waals surface area contributed by atoms with Gasteiger partial charge < -0.3 is 4.90 Å². The lowest BCUT2D eigenvalue weighted by Crippen LogP contribution is -2.59. The predicted octanol–water partition coefficient (Wildman–Crippen LogP) is 2.94. The minimum atomic E-state index is 0.0195. The molecule has 0 aliphatic rings. The van der Waals surface area contributed by atoms with E-state index in [-0.39, 0.29) is 11.6 Å². The standard InChI is InChI=1S/C18H27N3/c1-5-18(2,21(3)4)17(20-19)13-15-11-8-10-14-9-6-7-12-16(14)15/h6-12,17,20H,5,13,19H2,1-4H3. The van der Waals surface area contributed by atoms with Crippen molar-refractivity contribution < 1.29 is 0 Å². The summed E-state index contributed by atoms with van der Waals surface area (Å²) >= 11 is 0. The quantitative estimate of drug-likeness (QED) is 0.633. The Balaban J connectivity index is 2.37. The largest absolute Gasteiger partial charge is 0.302 e. The van der Waals surface area contributed by atoms with Crippen molar-refractivity contribution in [3.05, 3.63) is 48.0 Å². The van der Waals surface area contributed by atoms with Crippen molar-refractivity contribution in [1.82, 2.24) is 10.3 Å². The highest BCUT2D eigenvalue weighted by Crippen LogP contribution is 2.26. The van der Waals surface area contributed by atoms with Crippen LogP contribution in [-0.2, 0) is 6.42 Å². The van der Waals surface area contributed by atoms with Crippen LogP contribution < -0.4 is 11.3 Å². The normalized spacial score (nSPS) is 16.1. The molecule has 21 heavy (non-hydrogen) atoms. The van der Waals surface area contributed by atoms with Crippen LogP contribution in [0.2, 0.25) is 0 Å². The van der Waals surface area contributed by atoms with Crippen molar-refractivity contribution in [3.63, 3.8) is 0 Å². The molecule has 2 aromatic rings. The first-order valence-corrected chi connectivity index (χ1v) is 7.63. The lowest BCUT2D eigenvalue weighted by Gasteiger charge is -2.42. The van der Waals surface area contributed by atoms with Crippen molar-refractivity contribution in [2.75, 3.05) is 14.1 Å². The first-order valence-electron chi connectivity index (χ1n) is 7.63. The highest BCUT2D eigenvalue weighted by molar-refractivity contribution is 5.85. The third kappa shape index (κ3) is 3.10. The minimum absolute atomic E-state index is 0.0195. The molecule has 0 heterocycles. The lowest BCUT2D eigenvalue weighted by molar-refractivity contribution is 0.113. The third-order valence-electron chi connectivity index (χ3n) is 4.99. The number of rotatable bonds is 6. The fourth-order valence-corrected chi connectivity index (χ4v) is 3.02. The highest BCUT2D eigenvalue weighted by atomic mass is 15.3. The van der Waals surface area contributed by atoms with Crippen LogP contribution in [0.1, 0.15) is 25.8 Å². The van der Waals surface area contributed by atoms with Gasteiger partial charge in [0.2, 0.25) is 0 Å².